The Hall–Kier alpha value is -1.75. The lowest BCUT2D eigenvalue weighted by Gasteiger charge is -2.23. The Morgan fingerprint density at radius 3 is 2.86 bits per heavy atom. The summed E-state index contributed by atoms with van der Waals surface area (Å²) < 4.78 is 10.6. The zero-order valence-corrected chi connectivity index (χ0v) is 13.1. The lowest BCUT2D eigenvalue weighted by atomic mass is 10.1. The average molecular weight is 304 g/mol. The Bertz CT molecular complexity index is 527. The van der Waals surface area contributed by atoms with Gasteiger partial charge in [0.05, 0.1) is 0 Å². The zero-order chi connectivity index (χ0) is 15.4. The summed E-state index contributed by atoms with van der Waals surface area (Å²) in [5.41, 5.74) is 1.10. The third-order valence-corrected chi connectivity index (χ3v) is 4.44. The van der Waals surface area contributed by atoms with Crippen LogP contribution in [-0.4, -0.2) is 43.3 Å². The number of hydrogen-bond acceptors (Lipinski definition) is 4. The van der Waals surface area contributed by atoms with E-state index < -0.39 is 0 Å². The Labute approximate surface area is 131 Å². The number of hydrogen-bond donors (Lipinski definition) is 1. The molecule has 22 heavy (non-hydrogen) atoms. The number of ether oxygens (including phenoxy) is 2. The van der Waals surface area contributed by atoms with Crippen LogP contribution in [0.5, 0.6) is 11.5 Å². The summed E-state index contributed by atoms with van der Waals surface area (Å²) in [6, 6.07) is 6.29. The fourth-order valence-electron chi connectivity index (χ4n) is 3.02. The van der Waals surface area contributed by atoms with Gasteiger partial charge in [-0.25, -0.2) is 0 Å². The number of carbonyl (C=O) groups is 1. The smallest absolute Gasteiger partial charge is 0.231 e. The Morgan fingerprint density at radius 1 is 1.27 bits per heavy atom. The van der Waals surface area contributed by atoms with Gasteiger partial charge in [-0.2, -0.15) is 0 Å². The van der Waals surface area contributed by atoms with Gasteiger partial charge in [-0.15, -0.1) is 0 Å². The second-order valence-electron chi connectivity index (χ2n) is 6.08. The lowest BCUT2D eigenvalue weighted by Crippen LogP contribution is -2.40. The molecule has 1 aromatic carbocycles. The summed E-state index contributed by atoms with van der Waals surface area (Å²) in [6.07, 6.45) is 3.79. The number of benzene rings is 1. The van der Waals surface area contributed by atoms with Gasteiger partial charge >= 0.3 is 0 Å². The minimum absolute atomic E-state index is 0.115. The van der Waals surface area contributed by atoms with Crippen LogP contribution in [0.25, 0.3) is 0 Å². The molecule has 0 aliphatic carbocycles. The number of likely N-dealkylation sites (tertiary alicyclic amines) is 1. The van der Waals surface area contributed by atoms with E-state index in [1.807, 2.05) is 18.2 Å². The van der Waals surface area contributed by atoms with Gasteiger partial charge in [-0.1, -0.05) is 6.07 Å². The molecule has 2 aliphatic heterocycles. The van der Waals surface area contributed by atoms with Gasteiger partial charge in [-0.05, 0) is 57.0 Å². The molecule has 1 aromatic rings. The van der Waals surface area contributed by atoms with Crippen LogP contribution in [-0.2, 0) is 11.2 Å². The van der Waals surface area contributed by atoms with Gasteiger partial charge < -0.3 is 14.8 Å². The van der Waals surface area contributed by atoms with Crippen molar-refractivity contribution in [3.05, 3.63) is 23.8 Å². The van der Waals surface area contributed by atoms with E-state index in [1.165, 1.54) is 12.8 Å². The summed E-state index contributed by atoms with van der Waals surface area (Å²) in [4.78, 5) is 14.4. The van der Waals surface area contributed by atoms with Gasteiger partial charge in [0.1, 0.15) is 0 Å². The highest BCUT2D eigenvalue weighted by Gasteiger charge is 2.18. The number of fused-ring (bicyclic) bond motifs is 1. The molecule has 0 saturated carbocycles. The molecule has 0 radical (unpaired) electrons. The first-order chi connectivity index (χ1) is 10.7. The molecule has 5 nitrogen and oxygen atoms in total. The molecule has 0 spiro atoms. The topological polar surface area (TPSA) is 50.8 Å². The SMILES string of the molecule is CC(CNC(=O)CCc1ccc2c(c1)OCO2)N1CCCC1. The first-order valence-electron chi connectivity index (χ1n) is 8.11. The van der Waals surface area contributed by atoms with Gasteiger partial charge in [-0.3, -0.25) is 9.69 Å². The Balaban J connectivity index is 1.40. The van der Waals surface area contributed by atoms with Crippen LogP contribution in [0.1, 0.15) is 31.7 Å². The van der Waals surface area contributed by atoms with Crippen LogP contribution in [0.4, 0.5) is 0 Å². The number of nitrogens with zero attached hydrogens (tertiary/aromatic N) is 1. The quantitative estimate of drug-likeness (QED) is 0.873. The Kier molecular flexibility index (Phi) is 4.83. The van der Waals surface area contributed by atoms with Crippen molar-refractivity contribution in [2.45, 2.75) is 38.6 Å². The van der Waals surface area contributed by atoms with Gasteiger partial charge in [0.25, 0.3) is 0 Å². The predicted molar refractivity (Wildman–Crippen MR) is 84.2 cm³/mol. The first-order valence-corrected chi connectivity index (χ1v) is 8.11. The maximum Gasteiger partial charge on any atom is 0.231 e. The molecule has 1 N–H and O–H groups in total. The molecule has 0 bridgehead atoms. The summed E-state index contributed by atoms with van der Waals surface area (Å²) in [5, 5.41) is 3.05. The molecule has 3 rings (SSSR count). The second kappa shape index (κ2) is 7.01. The van der Waals surface area contributed by atoms with Crippen molar-refractivity contribution in [1.29, 1.82) is 0 Å². The van der Waals surface area contributed by atoms with Crippen LogP contribution in [0, 0.1) is 0 Å². The zero-order valence-electron chi connectivity index (χ0n) is 13.1. The van der Waals surface area contributed by atoms with E-state index in [9.17, 15) is 4.79 Å². The van der Waals surface area contributed by atoms with Gasteiger partial charge in [0.2, 0.25) is 12.7 Å². The minimum Gasteiger partial charge on any atom is -0.454 e. The van der Waals surface area contributed by atoms with Crippen LogP contribution in [0.15, 0.2) is 18.2 Å². The van der Waals surface area contributed by atoms with Crippen LogP contribution >= 0.6 is 0 Å². The number of rotatable bonds is 6. The fraction of sp³-hybridized carbons (Fsp3) is 0.588. The maximum atomic E-state index is 12.0. The summed E-state index contributed by atoms with van der Waals surface area (Å²) >= 11 is 0. The van der Waals surface area contributed by atoms with Crippen molar-refractivity contribution < 1.29 is 14.3 Å². The lowest BCUT2D eigenvalue weighted by molar-refractivity contribution is -0.121. The maximum absolute atomic E-state index is 12.0. The van der Waals surface area contributed by atoms with E-state index in [4.69, 9.17) is 9.47 Å². The monoisotopic (exact) mass is 304 g/mol. The Morgan fingerprint density at radius 2 is 2.05 bits per heavy atom. The summed E-state index contributed by atoms with van der Waals surface area (Å²) in [7, 11) is 0. The number of amides is 1. The van der Waals surface area contributed by atoms with Gasteiger partial charge in [0.15, 0.2) is 11.5 Å². The van der Waals surface area contributed by atoms with Crippen molar-refractivity contribution in [2.75, 3.05) is 26.4 Å². The average Bonchev–Trinajstić information content (AvgIpc) is 3.20. The van der Waals surface area contributed by atoms with Crippen molar-refractivity contribution in [2.24, 2.45) is 0 Å². The molecular weight excluding hydrogens is 280 g/mol. The third-order valence-electron chi connectivity index (χ3n) is 4.44. The molecule has 1 amide bonds. The fourth-order valence-corrected chi connectivity index (χ4v) is 3.02. The van der Waals surface area contributed by atoms with E-state index in [1.54, 1.807) is 0 Å². The number of aryl methyl sites for hydroxylation is 1. The molecule has 2 aliphatic rings. The van der Waals surface area contributed by atoms with Crippen molar-refractivity contribution in [1.82, 2.24) is 10.2 Å². The molecule has 1 unspecified atom stereocenters. The van der Waals surface area contributed by atoms with Crippen LogP contribution < -0.4 is 14.8 Å². The molecule has 2 heterocycles. The van der Waals surface area contributed by atoms with Crippen molar-refractivity contribution >= 4 is 5.91 Å². The third kappa shape index (κ3) is 3.71. The standard InChI is InChI=1S/C17H24N2O3/c1-13(19-8-2-3-9-19)11-18-17(20)7-5-14-4-6-15-16(10-14)22-12-21-15/h4,6,10,13H,2-3,5,7-9,11-12H2,1H3,(H,18,20). The molecule has 1 atom stereocenters. The predicted octanol–water partition coefficient (Wildman–Crippen LogP) is 1.95. The minimum atomic E-state index is 0.115. The molecule has 0 aromatic heterocycles. The largest absolute Gasteiger partial charge is 0.454 e. The highest BCUT2D eigenvalue weighted by molar-refractivity contribution is 5.76. The first kappa shape index (κ1) is 15.2. The van der Waals surface area contributed by atoms with Crippen molar-refractivity contribution in [3.63, 3.8) is 0 Å². The highest BCUT2D eigenvalue weighted by atomic mass is 16.7. The van der Waals surface area contributed by atoms with E-state index in [2.05, 4.69) is 17.1 Å². The summed E-state index contributed by atoms with van der Waals surface area (Å²) in [5.74, 6) is 1.68. The van der Waals surface area contributed by atoms with Crippen molar-refractivity contribution in [3.8, 4) is 11.5 Å². The van der Waals surface area contributed by atoms with Crippen LogP contribution in [0.3, 0.4) is 0 Å². The second-order valence-corrected chi connectivity index (χ2v) is 6.08. The van der Waals surface area contributed by atoms with Gasteiger partial charge in [0, 0.05) is 19.0 Å². The molecule has 1 saturated heterocycles. The molecular formula is C17H24N2O3. The van der Waals surface area contributed by atoms with E-state index in [0.717, 1.165) is 43.1 Å². The van der Waals surface area contributed by atoms with E-state index in [-0.39, 0.29) is 12.7 Å². The molecule has 1 fully saturated rings. The van der Waals surface area contributed by atoms with Crippen LogP contribution in [0.2, 0.25) is 0 Å². The molecule has 5 heteroatoms. The normalized spacial score (nSPS) is 18.4. The number of carbonyl (C=O) groups excluding carboxylic acids is 1. The molecule has 120 valence electrons. The van der Waals surface area contributed by atoms with E-state index >= 15 is 0 Å². The van der Waals surface area contributed by atoms with E-state index in [0.29, 0.717) is 12.5 Å². The number of nitrogens with one attached hydrogen (secondary N) is 1. The summed E-state index contributed by atoms with van der Waals surface area (Å²) in [6.45, 7) is 5.53. The highest BCUT2D eigenvalue weighted by Crippen LogP contribution is 2.32.